The minimum atomic E-state index is -3.99. The summed E-state index contributed by atoms with van der Waals surface area (Å²) >= 11 is 0. The molecule has 41 heavy (non-hydrogen) atoms. The maximum absolute atomic E-state index is 12.9. The molecule has 3 aromatic rings. The number of anilines is 1. The second kappa shape index (κ2) is 12.6. The highest BCUT2D eigenvalue weighted by Gasteiger charge is 2.30. The molecule has 1 heterocycles. The van der Waals surface area contributed by atoms with Gasteiger partial charge in [0, 0.05) is 55.0 Å². The fourth-order valence-electron chi connectivity index (χ4n) is 4.55. The van der Waals surface area contributed by atoms with Gasteiger partial charge in [-0.05, 0) is 57.7 Å². The number of hydrogen-bond donors (Lipinski definition) is 3. The molecule has 216 valence electrons. The predicted octanol–water partition coefficient (Wildman–Crippen LogP) is 2.18. The SMILES string of the molecule is CN(C)CCCNC(=O)c1cc(NC(=O)CCCNS(=O)(=O)c2ccc3c(c2)C(=O)c2ccccc2C3=O)cn1C. The van der Waals surface area contributed by atoms with E-state index in [4.69, 9.17) is 0 Å². The minimum absolute atomic E-state index is 0.0159. The zero-order valence-electron chi connectivity index (χ0n) is 23.2. The van der Waals surface area contributed by atoms with Gasteiger partial charge in [-0.1, -0.05) is 24.3 Å². The third-order valence-corrected chi connectivity index (χ3v) is 8.13. The van der Waals surface area contributed by atoms with Crippen LogP contribution in [0, 0.1) is 0 Å². The highest BCUT2D eigenvalue weighted by atomic mass is 32.2. The van der Waals surface area contributed by atoms with Gasteiger partial charge in [0.1, 0.15) is 5.69 Å². The van der Waals surface area contributed by atoms with E-state index in [1.807, 2.05) is 19.0 Å². The molecule has 0 saturated heterocycles. The molecule has 11 nitrogen and oxygen atoms in total. The van der Waals surface area contributed by atoms with Gasteiger partial charge in [0.15, 0.2) is 11.6 Å². The number of hydrogen-bond acceptors (Lipinski definition) is 7. The fraction of sp³-hybridized carbons (Fsp3) is 0.310. The number of fused-ring (bicyclic) bond motifs is 2. The van der Waals surface area contributed by atoms with Gasteiger partial charge in [0.05, 0.1) is 10.6 Å². The van der Waals surface area contributed by atoms with Crippen LogP contribution in [-0.4, -0.2) is 75.0 Å². The number of sulfonamides is 1. The van der Waals surface area contributed by atoms with Crippen LogP contribution in [0.2, 0.25) is 0 Å². The summed E-state index contributed by atoms with van der Waals surface area (Å²) in [6.45, 7) is 1.37. The van der Waals surface area contributed by atoms with Crippen molar-refractivity contribution in [3.8, 4) is 0 Å². The average Bonchev–Trinajstić information content (AvgIpc) is 3.31. The van der Waals surface area contributed by atoms with Crippen molar-refractivity contribution < 1.29 is 27.6 Å². The summed E-state index contributed by atoms with van der Waals surface area (Å²) in [4.78, 5) is 52.5. The Kier molecular flexibility index (Phi) is 9.16. The Hall–Kier alpha value is -4.13. The van der Waals surface area contributed by atoms with Crippen LogP contribution in [0.1, 0.15) is 61.6 Å². The Morgan fingerprint density at radius 2 is 1.54 bits per heavy atom. The van der Waals surface area contributed by atoms with Crippen LogP contribution in [0.5, 0.6) is 0 Å². The smallest absolute Gasteiger partial charge is 0.267 e. The lowest BCUT2D eigenvalue weighted by atomic mass is 9.84. The maximum atomic E-state index is 12.9. The van der Waals surface area contributed by atoms with E-state index in [0.29, 0.717) is 23.5 Å². The van der Waals surface area contributed by atoms with E-state index in [2.05, 4.69) is 15.4 Å². The number of ketones is 2. The molecular weight excluding hydrogens is 546 g/mol. The molecule has 0 bridgehead atoms. The molecule has 2 amide bonds. The van der Waals surface area contributed by atoms with Crippen molar-refractivity contribution in [2.24, 2.45) is 7.05 Å². The molecule has 4 rings (SSSR count). The lowest BCUT2D eigenvalue weighted by Gasteiger charge is -2.18. The molecule has 0 fully saturated rings. The zero-order valence-corrected chi connectivity index (χ0v) is 24.0. The third-order valence-electron chi connectivity index (χ3n) is 6.67. The highest BCUT2D eigenvalue weighted by Crippen LogP contribution is 2.29. The normalized spacial score (nSPS) is 12.7. The van der Waals surface area contributed by atoms with Crippen LogP contribution in [-0.2, 0) is 21.9 Å². The summed E-state index contributed by atoms with van der Waals surface area (Å²) in [6, 6.07) is 11.9. The zero-order chi connectivity index (χ0) is 29.7. The number of nitrogens with zero attached hydrogens (tertiary/aromatic N) is 2. The summed E-state index contributed by atoms with van der Waals surface area (Å²) in [6.07, 6.45) is 2.70. The molecule has 3 N–H and O–H groups in total. The molecule has 0 spiro atoms. The van der Waals surface area contributed by atoms with E-state index in [1.165, 1.54) is 18.2 Å². The van der Waals surface area contributed by atoms with Crippen LogP contribution < -0.4 is 15.4 Å². The summed E-state index contributed by atoms with van der Waals surface area (Å²) in [5.41, 5.74) is 1.61. The van der Waals surface area contributed by atoms with Gasteiger partial charge >= 0.3 is 0 Å². The third kappa shape index (κ3) is 6.96. The fourth-order valence-corrected chi connectivity index (χ4v) is 5.65. The van der Waals surface area contributed by atoms with Gasteiger partial charge in [0.2, 0.25) is 15.9 Å². The van der Waals surface area contributed by atoms with Crippen molar-refractivity contribution in [3.05, 3.63) is 82.7 Å². The lowest BCUT2D eigenvalue weighted by Crippen LogP contribution is -2.28. The number of amides is 2. The Morgan fingerprint density at radius 3 is 2.22 bits per heavy atom. The van der Waals surface area contributed by atoms with Gasteiger partial charge in [-0.2, -0.15) is 0 Å². The summed E-state index contributed by atoms with van der Waals surface area (Å²) in [7, 11) is 1.65. The molecule has 1 aromatic heterocycles. The highest BCUT2D eigenvalue weighted by molar-refractivity contribution is 7.89. The molecule has 0 unspecified atom stereocenters. The Morgan fingerprint density at radius 1 is 0.878 bits per heavy atom. The molecule has 0 aliphatic heterocycles. The maximum Gasteiger partial charge on any atom is 0.267 e. The molecule has 1 aliphatic carbocycles. The van der Waals surface area contributed by atoms with Crippen molar-refractivity contribution in [3.63, 3.8) is 0 Å². The van der Waals surface area contributed by atoms with Crippen molar-refractivity contribution in [2.75, 3.05) is 39.0 Å². The van der Waals surface area contributed by atoms with E-state index in [-0.39, 0.29) is 58.6 Å². The van der Waals surface area contributed by atoms with Crippen LogP contribution >= 0.6 is 0 Å². The van der Waals surface area contributed by atoms with Crippen LogP contribution in [0.25, 0.3) is 0 Å². The largest absolute Gasteiger partial charge is 0.351 e. The Balaban J connectivity index is 1.28. The second-order valence-electron chi connectivity index (χ2n) is 10.1. The monoisotopic (exact) mass is 579 g/mol. The minimum Gasteiger partial charge on any atom is -0.351 e. The van der Waals surface area contributed by atoms with Crippen molar-refractivity contribution >= 4 is 39.1 Å². The van der Waals surface area contributed by atoms with E-state index >= 15 is 0 Å². The average molecular weight is 580 g/mol. The van der Waals surface area contributed by atoms with E-state index in [9.17, 15) is 27.6 Å². The van der Waals surface area contributed by atoms with Crippen molar-refractivity contribution in [1.82, 2.24) is 19.5 Å². The molecule has 1 aliphatic rings. The number of carbonyl (C=O) groups excluding carboxylic acids is 4. The molecule has 2 aromatic carbocycles. The molecular formula is C29H33N5O6S. The van der Waals surface area contributed by atoms with E-state index < -0.39 is 15.8 Å². The molecule has 0 radical (unpaired) electrons. The van der Waals surface area contributed by atoms with Gasteiger partial charge in [-0.25, -0.2) is 13.1 Å². The molecule has 0 atom stereocenters. The summed E-state index contributed by atoms with van der Waals surface area (Å²) < 4.78 is 29.8. The number of benzene rings is 2. The number of nitrogens with one attached hydrogen (secondary N) is 3. The first-order valence-electron chi connectivity index (χ1n) is 13.2. The lowest BCUT2D eigenvalue weighted by molar-refractivity contribution is -0.116. The Labute approximate surface area is 239 Å². The summed E-state index contributed by atoms with van der Waals surface area (Å²) in [5, 5.41) is 5.59. The number of aryl methyl sites for hydroxylation is 1. The van der Waals surface area contributed by atoms with E-state index in [1.54, 1.807) is 48.1 Å². The van der Waals surface area contributed by atoms with Gasteiger partial charge in [-0.3, -0.25) is 19.2 Å². The first-order valence-corrected chi connectivity index (χ1v) is 14.7. The molecule has 0 saturated carbocycles. The van der Waals surface area contributed by atoms with Crippen molar-refractivity contribution in [1.29, 1.82) is 0 Å². The Bertz CT molecular complexity index is 1610. The van der Waals surface area contributed by atoms with Gasteiger partial charge < -0.3 is 20.1 Å². The quantitative estimate of drug-likeness (QED) is 0.218. The summed E-state index contributed by atoms with van der Waals surface area (Å²) in [5.74, 6) is -1.30. The van der Waals surface area contributed by atoms with Gasteiger partial charge in [-0.15, -0.1) is 0 Å². The predicted molar refractivity (Wildman–Crippen MR) is 154 cm³/mol. The first-order chi connectivity index (χ1) is 19.5. The number of aromatic nitrogens is 1. The first kappa shape index (κ1) is 29.8. The topological polar surface area (TPSA) is 147 Å². The number of rotatable bonds is 12. The van der Waals surface area contributed by atoms with Gasteiger partial charge in [0.25, 0.3) is 5.91 Å². The molecule has 12 heteroatoms. The standard InChI is InChI=1S/C29H33N5O6S/c1-33(2)15-7-13-30-29(38)25-16-19(18-34(25)3)32-26(35)10-6-14-31-41(39,40)20-11-12-23-24(17-20)28(37)22-9-5-4-8-21(22)27(23)36/h4-5,8-9,11-12,16-18,31H,6-7,10,13-15H2,1-3H3,(H,30,38)(H,32,35). The number of carbonyl (C=O) groups is 4. The van der Waals surface area contributed by atoms with Crippen LogP contribution in [0.15, 0.2) is 59.6 Å². The second-order valence-corrected chi connectivity index (χ2v) is 11.9. The van der Waals surface area contributed by atoms with E-state index in [0.717, 1.165) is 13.0 Å². The van der Waals surface area contributed by atoms with Crippen molar-refractivity contribution in [2.45, 2.75) is 24.2 Å². The van der Waals surface area contributed by atoms with Crippen LogP contribution in [0.3, 0.4) is 0 Å². The van der Waals surface area contributed by atoms with Crippen LogP contribution in [0.4, 0.5) is 5.69 Å².